The predicted molar refractivity (Wildman–Crippen MR) is 162 cm³/mol. The number of nitrogen functional groups attached to an aromatic ring is 1. The zero-order valence-electron chi connectivity index (χ0n) is 23.9. The highest BCUT2D eigenvalue weighted by molar-refractivity contribution is 5.95. The summed E-state index contributed by atoms with van der Waals surface area (Å²) in [5.41, 5.74) is 9.65. The lowest BCUT2D eigenvalue weighted by atomic mass is 9.97. The van der Waals surface area contributed by atoms with Gasteiger partial charge in [-0.2, -0.15) is 0 Å². The highest BCUT2D eigenvalue weighted by atomic mass is 16.5. The summed E-state index contributed by atoms with van der Waals surface area (Å²) in [4.78, 5) is 26.8. The number of methoxy groups -OCH3 is 1. The molecule has 0 saturated carbocycles. The number of rotatable bonds is 15. The van der Waals surface area contributed by atoms with Crippen molar-refractivity contribution in [3.8, 4) is 16.9 Å². The van der Waals surface area contributed by atoms with Crippen LogP contribution in [0.2, 0.25) is 0 Å². The number of ether oxygens (including phenoxy) is 2. The lowest BCUT2D eigenvalue weighted by Crippen LogP contribution is -2.38. The number of nitrogens with zero attached hydrogens (tertiary/aromatic N) is 1. The Balaban J connectivity index is 1.33. The van der Waals surface area contributed by atoms with Crippen LogP contribution in [0, 0.1) is 11.3 Å². The zero-order chi connectivity index (χ0) is 29.0. The summed E-state index contributed by atoms with van der Waals surface area (Å²) in [6.45, 7) is 1.18. The summed E-state index contributed by atoms with van der Waals surface area (Å²) in [7, 11) is 1.41. The molecular weight excluding hydrogens is 514 g/mol. The predicted octanol–water partition coefficient (Wildman–Crippen LogP) is 5.99. The van der Waals surface area contributed by atoms with Crippen molar-refractivity contribution in [3.63, 3.8) is 0 Å². The quantitative estimate of drug-likeness (QED) is 0.104. The number of hydrogen-bond donors (Lipinski definition) is 2. The maximum atomic E-state index is 13.4. The molecule has 3 N–H and O–H groups in total. The second-order valence-corrected chi connectivity index (χ2v) is 10.7. The van der Waals surface area contributed by atoms with Gasteiger partial charge in [0.2, 0.25) is 5.91 Å². The van der Waals surface area contributed by atoms with Gasteiger partial charge in [-0.15, -0.1) is 0 Å². The molecule has 2 atom stereocenters. The highest BCUT2D eigenvalue weighted by Crippen LogP contribution is 2.31. The van der Waals surface area contributed by atoms with Gasteiger partial charge in [-0.25, -0.2) is 0 Å². The van der Waals surface area contributed by atoms with E-state index in [9.17, 15) is 9.59 Å². The van der Waals surface area contributed by atoms with E-state index < -0.39 is 0 Å². The molecule has 216 valence electrons. The van der Waals surface area contributed by atoms with Gasteiger partial charge in [0.05, 0.1) is 13.2 Å². The first-order valence-electron chi connectivity index (χ1n) is 14.5. The average Bonchev–Trinajstić information content (AvgIpc) is 3.30. The number of amidine groups is 1. The Labute approximate surface area is 243 Å². The van der Waals surface area contributed by atoms with Gasteiger partial charge < -0.3 is 20.1 Å². The number of carbonyl (C=O) groups is 2. The lowest BCUT2D eigenvalue weighted by molar-refractivity contribution is -0.140. The highest BCUT2D eigenvalue weighted by Gasteiger charge is 2.38. The fourth-order valence-electron chi connectivity index (χ4n) is 5.48. The molecule has 7 heteroatoms. The smallest absolute Gasteiger partial charge is 0.305 e. The maximum Gasteiger partial charge on any atom is 0.305 e. The Morgan fingerprint density at radius 3 is 2.27 bits per heavy atom. The van der Waals surface area contributed by atoms with Gasteiger partial charge in [0.15, 0.2) is 0 Å². The van der Waals surface area contributed by atoms with Crippen LogP contribution >= 0.6 is 0 Å². The summed E-state index contributed by atoms with van der Waals surface area (Å²) in [6, 6.07) is 26.0. The van der Waals surface area contributed by atoms with Gasteiger partial charge in [-0.05, 0) is 60.9 Å². The Bertz CT molecular complexity index is 1280. The van der Waals surface area contributed by atoms with Crippen LogP contribution in [0.4, 0.5) is 0 Å². The molecule has 1 fully saturated rings. The SMILES string of the molecule is COC(=O)CCCCC[C@@H]1C[C@@H](COc2ccc(-c3ccc(C(=N)N)cc3)cc2)N(CCCc2ccccc2)C1=O. The summed E-state index contributed by atoms with van der Waals surface area (Å²) in [5.74, 6) is 0.878. The minimum Gasteiger partial charge on any atom is -0.491 e. The Morgan fingerprint density at radius 1 is 0.927 bits per heavy atom. The molecule has 0 aliphatic carbocycles. The molecule has 0 radical (unpaired) electrons. The van der Waals surface area contributed by atoms with Crippen molar-refractivity contribution < 1.29 is 19.1 Å². The third-order valence-electron chi connectivity index (χ3n) is 7.82. The maximum absolute atomic E-state index is 13.4. The summed E-state index contributed by atoms with van der Waals surface area (Å²) >= 11 is 0. The van der Waals surface area contributed by atoms with Crippen LogP contribution in [0.3, 0.4) is 0 Å². The molecule has 1 amide bonds. The van der Waals surface area contributed by atoms with Crippen molar-refractivity contribution in [1.29, 1.82) is 5.41 Å². The number of aryl methyl sites for hydroxylation is 1. The molecule has 41 heavy (non-hydrogen) atoms. The molecular formula is C34H41N3O4. The van der Waals surface area contributed by atoms with Crippen molar-refractivity contribution in [2.75, 3.05) is 20.3 Å². The van der Waals surface area contributed by atoms with Gasteiger partial charge in [-0.3, -0.25) is 15.0 Å². The molecule has 0 spiro atoms. The molecule has 1 aliphatic heterocycles. The third kappa shape index (κ3) is 8.68. The van der Waals surface area contributed by atoms with Crippen LogP contribution in [0.1, 0.15) is 56.1 Å². The van der Waals surface area contributed by atoms with Crippen LogP contribution in [0.25, 0.3) is 11.1 Å². The Kier molecular flexibility index (Phi) is 10.9. The van der Waals surface area contributed by atoms with Crippen LogP contribution in [0.15, 0.2) is 78.9 Å². The van der Waals surface area contributed by atoms with E-state index in [0.717, 1.165) is 68.4 Å². The minimum atomic E-state index is -0.178. The molecule has 1 saturated heterocycles. The second kappa shape index (κ2) is 15.0. The van der Waals surface area contributed by atoms with Crippen molar-refractivity contribution in [2.45, 2.75) is 57.4 Å². The number of carbonyl (C=O) groups excluding carboxylic acids is 2. The van der Waals surface area contributed by atoms with Crippen molar-refractivity contribution >= 4 is 17.7 Å². The summed E-state index contributed by atoms with van der Waals surface area (Å²) in [5, 5.41) is 7.56. The zero-order valence-corrected chi connectivity index (χ0v) is 23.9. The molecule has 0 bridgehead atoms. The van der Waals surface area contributed by atoms with Crippen molar-refractivity contribution in [1.82, 2.24) is 4.90 Å². The lowest BCUT2D eigenvalue weighted by Gasteiger charge is -2.25. The Hall–Kier alpha value is -4.13. The summed E-state index contributed by atoms with van der Waals surface area (Å²) in [6.07, 6.45) is 6.54. The molecule has 0 unspecified atom stereocenters. The van der Waals surface area contributed by atoms with Crippen LogP contribution in [0.5, 0.6) is 5.75 Å². The summed E-state index contributed by atoms with van der Waals surface area (Å²) < 4.78 is 10.9. The van der Waals surface area contributed by atoms with E-state index in [1.165, 1.54) is 12.7 Å². The molecule has 7 nitrogen and oxygen atoms in total. The first-order chi connectivity index (χ1) is 19.9. The first kappa shape index (κ1) is 29.8. The normalized spacial score (nSPS) is 16.5. The molecule has 3 aromatic carbocycles. The number of unbranched alkanes of at least 4 members (excludes halogenated alkanes) is 2. The third-order valence-corrected chi connectivity index (χ3v) is 7.82. The average molecular weight is 556 g/mol. The van der Waals surface area contributed by atoms with Gasteiger partial charge in [0, 0.05) is 24.4 Å². The number of esters is 1. The fraction of sp³-hybridized carbons (Fsp3) is 0.382. The van der Waals surface area contributed by atoms with Gasteiger partial charge in [0.1, 0.15) is 18.2 Å². The molecule has 1 aliphatic rings. The van der Waals surface area contributed by atoms with E-state index in [4.69, 9.17) is 20.6 Å². The van der Waals surface area contributed by atoms with E-state index >= 15 is 0 Å². The van der Waals surface area contributed by atoms with E-state index in [0.29, 0.717) is 18.6 Å². The molecule has 3 aromatic rings. The van der Waals surface area contributed by atoms with E-state index in [1.54, 1.807) is 0 Å². The number of nitrogens with two attached hydrogens (primary N) is 1. The number of hydrogen-bond acceptors (Lipinski definition) is 5. The van der Waals surface area contributed by atoms with Gasteiger partial charge in [0.25, 0.3) is 0 Å². The largest absolute Gasteiger partial charge is 0.491 e. The molecule has 1 heterocycles. The molecule has 4 rings (SSSR count). The van der Waals surface area contributed by atoms with Crippen molar-refractivity contribution in [3.05, 3.63) is 90.0 Å². The monoisotopic (exact) mass is 555 g/mol. The van der Waals surface area contributed by atoms with E-state index in [2.05, 4.69) is 24.3 Å². The van der Waals surface area contributed by atoms with Crippen LogP contribution < -0.4 is 10.5 Å². The van der Waals surface area contributed by atoms with Gasteiger partial charge >= 0.3 is 5.97 Å². The Morgan fingerprint density at radius 2 is 1.61 bits per heavy atom. The first-order valence-corrected chi connectivity index (χ1v) is 14.5. The number of benzene rings is 3. The standard InChI is InChI=1S/C34H41N3O4/c1-40-32(38)13-7-3-6-12-29-23-30(37(34(29)39)22-8-11-25-9-4-2-5-10-25)24-41-31-20-18-27(19-21-31)26-14-16-28(17-15-26)33(35)36/h2,4-5,9-10,14-21,29-30H,3,6-8,11-13,22-24H2,1H3,(H3,35,36)/t29-,30+/m1/s1. The second-order valence-electron chi connectivity index (χ2n) is 10.7. The van der Waals surface area contributed by atoms with Crippen LogP contribution in [-0.4, -0.2) is 48.9 Å². The van der Waals surface area contributed by atoms with E-state index in [-0.39, 0.29) is 29.7 Å². The number of likely N-dealkylation sites (tertiary alicyclic amines) is 1. The van der Waals surface area contributed by atoms with Crippen LogP contribution in [-0.2, 0) is 20.7 Å². The van der Waals surface area contributed by atoms with Crippen molar-refractivity contribution in [2.24, 2.45) is 11.7 Å². The minimum absolute atomic E-state index is 0.00111. The molecule has 0 aromatic heterocycles. The van der Waals surface area contributed by atoms with Gasteiger partial charge in [-0.1, -0.05) is 79.6 Å². The van der Waals surface area contributed by atoms with E-state index in [1.807, 2.05) is 59.5 Å². The number of amides is 1. The number of nitrogens with one attached hydrogen (secondary N) is 1. The topological polar surface area (TPSA) is 106 Å². The fourth-order valence-corrected chi connectivity index (χ4v) is 5.48.